The third-order valence-corrected chi connectivity index (χ3v) is 4.54. The minimum Gasteiger partial charge on any atom is -0.481 e. The maximum Gasteiger partial charge on any atom is 0.406 e. The lowest BCUT2D eigenvalue weighted by molar-refractivity contribution is -0.227. The number of likely N-dealkylation sites (tertiary alicyclic amines) is 1. The average Bonchev–Trinajstić information content (AvgIpc) is 2.99. The third-order valence-electron chi connectivity index (χ3n) is 4.54. The first-order valence-corrected chi connectivity index (χ1v) is 7.47. The molecule has 0 spiro atoms. The van der Waals surface area contributed by atoms with Crippen molar-refractivity contribution in [2.45, 2.75) is 12.6 Å². The van der Waals surface area contributed by atoms with Gasteiger partial charge >= 0.3 is 12.1 Å². The Hall–Kier alpha value is -2.91. The number of nitrogens with one attached hydrogen (secondary N) is 1. The van der Waals surface area contributed by atoms with E-state index in [0.29, 0.717) is 0 Å². The number of rotatable bonds is 2. The van der Waals surface area contributed by atoms with Crippen LogP contribution in [0.5, 0.6) is 0 Å². The smallest absolute Gasteiger partial charge is 0.406 e. The van der Waals surface area contributed by atoms with Gasteiger partial charge in [0.05, 0.1) is 11.1 Å². The molecule has 0 bridgehead atoms. The number of alkyl halides is 3. The van der Waals surface area contributed by atoms with Gasteiger partial charge in [0, 0.05) is 24.5 Å². The molecule has 1 aromatic carbocycles. The van der Waals surface area contributed by atoms with E-state index in [4.69, 9.17) is 5.11 Å². The van der Waals surface area contributed by atoms with Crippen LogP contribution in [-0.2, 0) is 4.79 Å². The van der Waals surface area contributed by atoms with Crippen molar-refractivity contribution >= 4 is 22.8 Å². The van der Waals surface area contributed by atoms with E-state index in [1.54, 1.807) is 0 Å². The molecule has 1 aromatic heterocycles. The molecular formula is C16H12F4N2O4. The second-order valence-corrected chi connectivity index (χ2v) is 6.10. The summed E-state index contributed by atoms with van der Waals surface area (Å²) in [6, 6.07) is 4.14. The zero-order valence-electron chi connectivity index (χ0n) is 13.1. The van der Waals surface area contributed by atoms with E-state index in [1.807, 2.05) is 0 Å². The summed E-state index contributed by atoms with van der Waals surface area (Å²) >= 11 is 0. The van der Waals surface area contributed by atoms with Gasteiger partial charge in [-0.2, -0.15) is 13.2 Å². The first kappa shape index (κ1) is 17.9. The predicted molar refractivity (Wildman–Crippen MR) is 81.2 cm³/mol. The number of aromatic nitrogens is 1. The summed E-state index contributed by atoms with van der Waals surface area (Å²) in [7, 11) is 0. The van der Waals surface area contributed by atoms with E-state index in [2.05, 4.69) is 4.98 Å². The fourth-order valence-corrected chi connectivity index (χ4v) is 3.09. The summed E-state index contributed by atoms with van der Waals surface area (Å²) in [5, 5.41) is 9.21. The molecule has 2 N–H and O–H groups in total. The molecule has 1 amide bonds. The highest BCUT2D eigenvalue weighted by Crippen LogP contribution is 2.46. The van der Waals surface area contributed by atoms with Crippen LogP contribution < -0.4 is 5.56 Å². The number of amides is 1. The van der Waals surface area contributed by atoms with E-state index >= 15 is 0 Å². The molecule has 2 heterocycles. The third kappa shape index (κ3) is 2.71. The second-order valence-electron chi connectivity index (χ2n) is 6.10. The zero-order chi connectivity index (χ0) is 19.3. The standard InChI is InChI=1S/C16H12F4N2O4/c17-8-1-2-9-10(6-12(23)21-11(9)5-8)13(24)22-4-3-15(7-22,14(25)26)16(18,19)20/h1-2,5-6H,3-4,7H2,(H,21,23)(H,25,26). The quantitative estimate of drug-likeness (QED) is 0.791. The van der Waals surface area contributed by atoms with Crippen LogP contribution in [0.3, 0.4) is 0 Å². The van der Waals surface area contributed by atoms with Gasteiger partial charge in [-0.25, -0.2) is 4.39 Å². The highest BCUT2D eigenvalue weighted by Gasteiger charge is 2.64. The number of carboxylic acids is 1. The van der Waals surface area contributed by atoms with Crippen LogP contribution in [0.25, 0.3) is 10.9 Å². The summed E-state index contributed by atoms with van der Waals surface area (Å²) in [6.07, 6.45) is -5.82. The largest absolute Gasteiger partial charge is 0.481 e. The molecule has 1 unspecified atom stereocenters. The van der Waals surface area contributed by atoms with Crippen molar-refractivity contribution in [1.82, 2.24) is 9.88 Å². The Balaban J connectivity index is 2.03. The molecule has 1 fully saturated rings. The number of aromatic amines is 1. The van der Waals surface area contributed by atoms with Gasteiger partial charge < -0.3 is 15.0 Å². The van der Waals surface area contributed by atoms with Gasteiger partial charge in [0.25, 0.3) is 5.91 Å². The van der Waals surface area contributed by atoms with Crippen molar-refractivity contribution in [1.29, 1.82) is 0 Å². The Bertz CT molecular complexity index is 969. The molecule has 10 heteroatoms. The number of fused-ring (bicyclic) bond motifs is 1. The van der Waals surface area contributed by atoms with Gasteiger partial charge in [0.15, 0.2) is 5.41 Å². The molecule has 1 aliphatic rings. The Morgan fingerprint density at radius 3 is 2.50 bits per heavy atom. The maximum atomic E-state index is 13.3. The predicted octanol–water partition coefficient (Wildman–Crippen LogP) is 2.15. The van der Waals surface area contributed by atoms with Crippen LogP contribution in [-0.4, -0.2) is 46.1 Å². The molecule has 1 atom stereocenters. The summed E-state index contributed by atoms with van der Waals surface area (Å²) < 4.78 is 53.1. The van der Waals surface area contributed by atoms with Crippen molar-refractivity contribution in [3.63, 3.8) is 0 Å². The summed E-state index contributed by atoms with van der Waals surface area (Å²) in [5.41, 5.74) is -3.98. The van der Waals surface area contributed by atoms with E-state index in [-0.39, 0.29) is 16.5 Å². The van der Waals surface area contributed by atoms with Gasteiger partial charge in [-0.15, -0.1) is 0 Å². The van der Waals surface area contributed by atoms with Crippen LogP contribution in [0.15, 0.2) is 29.1 Å². The average molecular weight is 372 g/mol. The molecule has 0 aliphatic carbocycles. The fraction of sp³-hybridized carbons (Fsp3) is 0.312. The molecule has 0 radical (unpaired) electrons. The Morgan fingerprint density at radius 2 is 1.92 bits per heavy atom. The Kier molecular flexibility index (Phi) is 4.01. The van der Waals surface area contributed by atoms with Crippen molar-refractivity contribution in [3.8, 4) is 0 Å². The van der Waals surface area contributed by atoms with Crippen LogP contribution >= 0.6 is 0 Å². The normalized spacial score (nSPS) is 20.5. The maximum absolute atomic E-state index is 13.3. The number of H-pyrrole nitrogens is 1. The Labute approximate surface area is 143 Å². The first-order valence-electron chi connectivity index (χ1n) is 7.47. The highest BCUT2D eigenvalue weighted by molar-refractivity contribution is 6.06. The Morgan fingerprint density at radius 1 is 1.23 bits per heavy atom. The minimum atomic E-state index is -5.03. The number of benzene rings is 1. The van der Waals surface area contributed by atoms with Crippen molar-refractivity contribution in [2.24, 2.45) is 5.41 Å². The number of hydrogen-bond acceptors (Lipinski definition) is 3. The minimum absolute atomic E-state index is 0.0142. The van der Waals surface area contributed by atoms with Gasteiger partial charge in [-0.1, -0.05) is 0 Å². The monoisotopic (exact) mass is 372 g/mol. The highest BCUT2D eigenvalue weighted by atomic mass is 19.4. The van der Waals surface area contributed by atoms with Crippen LogP contribution in [0.4, 0.5) is 17.6 Å². The number of carbonyl (C=O) groups is 2. The lowest BCUT2D eigenvalue weighted by atomic mass is 9.86. The second kappa shape index (κ2) is 5.82. The van der Waals surface area contributed by atoms with Crippen LogP contribution in [0, 0.1) is 11.2 Å². The van der Waals surface area contributed by atoms with Crippen LogP contribution in [0.2, 0.25) is 0 Å². The molecule has 1 aliphatic heterocycles. The van der Waals surface area contributed by atoms with Gasteiger partial charge in [0.2, 0.25) is 5.56 Å². The fourth-order valence-electron chi connectivity index (χ4n) is 3.09. The number of carboxylic acid groups (broad SMARTS) is 1. The number of hydrogen-bond donors (Lipinski definition) is 2. The van der Waals surface area contributed by atoms with E-state index in [9.17, 15) is 31.9 Å². The molecule has 3 rings (SSSR count). The lowest BCUT2D eigenvalue weighted by Crippen LogP contribution is -2.47. The summed E-state index contributed by atoms with van der Waals surface area (Å²) in [5.74, 6) is -3.64. The van der Waals surface area contributed by atoms with Crippen molar-refractivity contribution in [2.75, 3.05) is 13.1 Å². The van der Waals surface area contributed by atoms with E-state index in [1.165, 1.54) is 6.07 Å². The SMILES string of the molecule is O=C(c1cc(=O)[nH]c2cc(F)ccc12)N1CCC(C(=O)O)(C(F)(F)F)C1. The topological polar surface area (TPSA) is 90.5 Å². The number of nitrogens with zero attached hydrogens (tertiary/aromatic N) is 1. The number of pyridine rings is 1. The summed E-state index contributed by atoms with van der Waals surface area (Å²) in [6.45, 7) is -1.49. The molecule has 138 valence electrons. The first-order chi connectivity index (χ1) is 12.0. The lowest BCUT2D eigenvalue weighted by Gasteiger charge is -2.27. The van der Waals surface area contributed by atoms with Crippen molar-refractivity contribution < 1.29 is 32.3 Å². The molecule has 26 heavy (non-hydrogen) atoms. The molecule has 0 saturated carbocycles. The molecular weight excluding hydrogens is 360 g/mol. The van der Waals surface area contributed by atoms with Gasteiger partial charge in [-0.05, 0) is 24.6 Å². The molecule has 2 aromatic rings. The van der Waals surface area contributed by atoms with E-state index in [0.717, 1.165) is 23.1 Å². The van der Waals surface area contributed by atoms with Crippen LogP contribution in [0.1, 0.15) is 16.8 Å². The molecule has 6 nitrogen and oxygen atoms in total. The van der Waals surface area contributed by atoms with Crippen molar-refractivity contribution in [3.05, 3.63) is 46.0 Å². The summed E-state index contributed by atoms with van der Waals surface area (Å²) in [4.78, 5) is 38.7. The zero-order valence-corrected chi connectivity index (χ0v) is 13.1. The number of aliphatic carboxylic acids is 1. The van der Waals surface area contributed by atoms with Gasteiger partial charge in [0.1, 0.15) is 5.82 Å². The number of halogens is 4. The van der Waals surface area contributed by atoms with E-state index < -0.39 is 54.4 Å². The molecule has 1 saturated heterocycles. The number of carbonyl (C=O) groups excluding carboxylic acids is 1. The van der Waals surface area contributed by atoms with Gasteiger partial charge in [-0.3, -0.25) is 14.4 Å².